The summed E-state index contributed by atoms with van der Waals surface area (Å²) in [5.41, 5.74) is -2.90. The van der Waals surface area contributed by atoms with Crippen molar-refractivity contribution in [1.82, 2.24) is 0 Å². The Hall–Kier alpha value is -1.11. The molecule has 0 spiro atoms. The van der Waals surface area contributed by atoms with Crippen LogP contribution in [0.15, 0.2) is 0 Å². The topological polar surface area (TPSA) is 318 Å². The predicted octanol–water partition coefficient (Wildman–Crippen LogP) is -3.92. The number of ketones is 2. The highest BCUT2D eigenvalue weighted by atomic mass is 31.2. The highest BCUT2D eigenvalue weighted by molar-refractivity contribution is 7.47. The highest BCUT2D eigenvalue weighted by Gasteiger charge is 2.81. The first-order valence-electron chi connectivity index (χ1n) is 9.46. The molecule has 0 saturated heterocycles. The molecule has 2 aliphatic carbocycles. The third-order valence-corrected chi connectivity index (χ3v) is 7.30. The van der Waals surface area contributed by atoms with E-state index in [1.807, 2.05) is 0 Å². The Morgan fingerprint density at radius 1 is 0.861 bits per heavy atom. The quantitative estimate of drug-likeness (QED) is 0.0547. The molecule has 0 bridgehead atoms. The van der Waals surface area contributed by atoms with E-state index in [1.165, 1.54) is 0 Å². The van der Waals surface area contributed by atoms with Gasteiger partial charge in [0.15, 0.2) is 18.4 Å². The molecular formula is C14H21O19P3. The lowest BCUT2D eigenvalue weighted by molar-refractivity contribution is -0.177. The Morgan fingerprint density at radius 3 is 1.89 bits per heavy atom. The van der Waals surface area contributed by atoms with Crippen LogP contribution < -0.4 is 0 Å². The van der Waals surface area contributed by atoms with Crippen LogP contribution in [0.4, 0.5) is 0 Å². The van der Waals surface area contributed by atoms with Crippen LogP contribution in [0.1, 0.15) is 6.42 Å². The first-order chi connectivity index (χ1) is 16.3. The summed E-state index contributed by atoms with van der Waals surface area (Å²) in [5, 5.41) is 31.4. The Morgan fingerprint density at radius 2 is 1.42 bits per heavy atom. The van der Waals surface area contributed by atoms with Crippen LogP contribution in [0.2, 0.25) is 0 Å². The number of aliphatic hydroxyl groups is 3. The number of aliphatic hydroxyl groups excluding tert-OH is 2. The maximum Gasteiger partial charge on any atom is 0.472 e. The normalized spacial score (nSPS) is 34.7. The van der Waals surface area contributed by atoms with Gasteiger partial charge in [0.1, 0.15) is 36.1 Å². The molecule has 2 rings (SSSR count). The number of phosphoric ester groups is 3. The minimum atomic E-state index is -5.52. The van der Waals surface area contributed by atoms with Crippen molar-refractivity contribution in [2.75, 3.05) is 6.61 Å². The SMILES string of the molecule is O=CC(=O)C[C@H](COP(=O)(O)OC1C(O)[C@@H](O)C(OP(=O)(O)O)[C@H]2C(OP(=O)(O)O)C12O)C(=O)C=O. The van der Waals surface area contributed by atoms with Crippen LogP contribution in [0.3, 0.4) is 0 Å². The lowest BCUT2D eigenvalue weighted by Crippen LogP contribution is -2.58. The van der Waals surface area contributed by atoms with Gasteiger partial charge in [-0.15, -0.1) is 0 Å². The highest BCUT2D eigenvalue weighted by Crippen LogP contribution is 2.65. The summed E-state index contributed by atoms with van der Waals surface area (Å²) in [7, 11) is -16.4. The van der Waals surface area contributed by atoms with Crippen molar-refractivity contribution in [3.8, 4) is 0 Å². The molecule has 0 heterocycles. The molecule has 6 unspecified atom stereocenters. The van der Waals surface area contributed by atoms with E-state index in [2.05, 4.69) is 18.1 Å². The smallest absolute Gasteiger partial charge is 0.388 e. The van der Waals surface area contributed by atoms with Gasteiger partial charge in [-0.2, -0.15) is 0 Å². The molecule has 2 saturated carbocycles. The monoisotopic (exact) mass is 586 g/mol. The van der Waals surface area contributed by atoms with Crippen molar-refractivity contribution in [1.29, 1.82) is 0 Å². The summed E-state index contributed by atoms with van der Waals surface area (Å²) in [6, 6.07) is 0. The molecule has 9 atom stereocenters. The third-order valence-electron chi connectivity index (χ3n) is 5.31. The summed E-state index contributed by atoms with van der Waals surface area (Å²) >= 11 is 0. The fourth-order valence-corrected chi connectivity index (χ4v) is 5.93. The van der Waals surface area contributed by atoms with Gasteiger partial charge < -0.3 is 39.8 Å². The van der Waals surface area contributed by atoms with E-state index in [0.717, 1.165) is 0 Å². The van der Waals surface area contributed by atoms with Crippen LogP contribution in [-0.4, -0.2) is 107 Å². The van der Waals surface area contributed by atoms with E-state index < -0.39 is 96.0 Å². The molecule has 0 radical (unpaired) electrons. The number of fused-ring (bicyclic) bond motifs is 1. The number of hydrogen-bond acceptors (Lipinski definition) is 14. The number of carbonyl (C=O) groups is 4. The minimum absolute atomic E-state index is 0.195. The lowest BCUT2D eigenvalue weighted by atomic mass is 9.87. The molecule has 36 heavy (non-hydrogen) atoms. The number of aldehydes is 2. The third kappa shape index (κ3) is 7.26. The lowest BCUT2D eigenvalue weighted by Gasteiger charge is -2.39. The van der Waals surface area contributed by atoms with E-state index in [1.54, 1.807) is 0 Å². The second-order valence-corrected chi connectivity index (χ2v) is 11.6. The average Bonchev–Trinajstić information content (AvgIpc) is 3.32. The Balaban J connectivity index is 2.29. The molecule has 0 aromatic rings. The summed E-state index contributed by atoms with van der Waals surface area (Å²) in [6.07, 6.45) is -13.1. The fraction of sp³-hybridized carbons (Fsp3) is 0.714. The van der Waals surface area contributed by atoms with Crippen molar-refractivity contribution in [2.45, 2.75) is 42.5 Å². The van der Waals surface area contributed by atoms with Gasteiger partial charge in [-0.3, -0.25) is 37.3 Å². The maximum atomic E-state index is 12.4. The molecule has 19 nitrogen and oxygen atoms in total. The van der Waals surface area contributed by atoms with Gasteiger partial charge in [0.05, 0.1) is 18.4 Å². The van der Waals surface area contributed by atoms with Crippen molar-refractivity contribution in [3.05, 3.63) is 0 Å². The summed E-state index contributed by atoms with van der Waals surface area (Å²) in [4.78, 5) is 90.1. The van der Waals surface area contributed by atoms with E-state index in [9.17, 15) is 53.1 Å². The van der Waals surface area contributed by atoms with E-state index in [-0.39, 0.29) is 12.6 Å². The molecule has 0 aliphatic heterocycles. The minimum Gasteiger partial charge on any atom is -0.388 e. The van der Waals surface area contributed by atoms with Gasteiger partial charge in [0.2, 0.25) is 5.78 Å². The second-order valence-electron chi connectivity index (χ2n) is 7.77. The van der Waals surface area contributed by atoms with Crippen molar-refractivity contribution in [3.63, 3.8) is 0 Å². The van der Waals surface area contributed by atoms with Gasteiger partial charge in [0, 0.05) is 6.42 Å². The first kappa shape index (κ1) is 31.1. The zero-order chi connectivity index (χ0) is 27.9. The van der Waals surface area contributed by atoms with E-state index >= 15 is 0 Å². The van der Waals surface area contributed by atoms with Crippen LogP contribution in [0, 0.1) is 11.8 Å². The van der Waals surface area contributed by atoms with E-state index in [4.69, 9.17) is 19.6 Å². The molecular weight excluding hydrogens is 565 g/mol. The zero-order valence-corrected chi connectivity index (χ0v) is 20.2. The largest absolute Gasteiger partial charge is 0.472 e. The molecule has 2 fully saturated rings. The van der Waals surface area contributed by atoms with Crippen LogP contribution in [0.5, 0.6) is 0 Å². The first-order valence-corrected chi connectivity index (χ1v) is 14.0. The van der Waals surface area contributed by atoms with Gasteiger partial charge in [-0.25, -0.2) is 13.7 Å². The fourth-order valence-electron chi connectivity index (χ4n) is 3.75. The average molecular weight is 586 g/mol. The second kappa shape index (κ2) is 10.9. The molecule has 206 valence electrons. The van der Waals surface area contributed by atoms with E-state index in [0.29, 0.717) is 0 Å². The Bertz CT molecular complexity index is 1030. The van der Waals surface area contributed by atoms with Gasteiger partial charge >= 0.3 is 23.5 Å². The van der Waals surface area contributed by atoms with Crippen molar-refractivity contribution >= 4 is 47.6 Å². The predicted molar refractivity (Wildman–Crippen MR) is 105 cm³/mol. The van der Waals surface area contributed by atoms with Crippen LogP contribution >= 0.6 is 23.5 Å². The summed E-state index contributed by atoms with van der Waals surface area (Å²) in [5.74, 6) is -6.15. The summed E-state index contributed by atoms with van der Waals surface area (Å²) in [6.45, 7) is -1.18. The number of rotatable bonds is 14. The van der Waals surface area contributed by atoms with Crippen molar-refractivity contribution in [2.24, 2.45) is 11.8 Å². The summed E-state index contributed by atoms with van der Waals surface area (Å²) < 4.78 is 52.6. The molecule has 0 aromatic heterocycles. The van der Waals surface area contributed by atoms with Gasteiger partial charge in [-0.05, 0) is 0 Å². The molecule has 8 N–H and O–H groups in total. The maximum absolute atomic E-state index is 12.4. The molecule has 0 aromatic carbocycles. The van der Waals surface area contributed by atoms with Crippen LogP contribution in [-0.2, 0) is 51.0 Å². The number of Topliss-reactive ketones (excluding diaryl/α,β-unsaturated/α-hetero) is 2. The standard InChI is InChI=1S/C14H21O19P3/c15-2-6(17)1-5(7(18)3-16)4-30-36(28,29)33-13-10(20)9(19)11(31-34(22,23)24)8-12(14(8,13)21)32-35(25,26)27/h2-3,5,8-13,19-21H,1,4H2,(H,28,29)(H2,22,23,24)(H2,25,26,27)/t5-,8+,9-,10?,11?,12?,13?,14?/m1/s1. The molecule has 22 heteroatoms. The van der Waals surface area contributed by atoms with Gasteiger partial charge in [0.25, 0.3) is 0 Å². The Kier molecular flexibility index (Phi) is 9.45. The van der Waals surface area contributed by atoms with Crippen LogP contribution in [0.25, 0.3) is 0 Å². The molecule has 0 amide bonds. The number of hydrogen-bond donors (Lipinski definition) is 8. The Labute approximate surface area is 200 Å². The van der Waals surface area contributed by atoms with Gasteiger partial charge in [-0.1, -0.05) is 0 Å². The molecule has 2 aliphatic rings. The van der Waals surface area contributed by atoms with Crippen molar-refractivity contribution < 1.29 is 90.8 Å². The zero-order valence-electron chi connectivity index (χ0n) is 17.5. The number of phosphoric acid groups is 3. The number of carbonyl (C=O) groups excluding carboxylic acids is 4.